The average Bonchev–Trinajstić information content (AvgIpc) is 2.88. The smallest absolute Gasteiger partial charge is 0.335 e. The Balaban J connectivity index is 1.92. The third-order valence-corrected chi connectivity index (χ3v) is 3.25. The van der Waals surface area contributed by atoms with Crippen molar-refractivity contribution in [2.75, 3.05) is 5.32 Å². The molecule has 0 bridgehead atoms. The maximum absolute atomic E-state index is 10.9. The predicted octanol–water partition coefficient (Wildman–Crippen LogP) is 2.41. The molecule has 0 saturated carbocycles. The van der Waals surface area contributed by atoms with Gasteiger partial charge in [-0.2, -0.15) is 0 Å². The number of fused-ring (bicyclic) bond motifs is 1. The molecule has 2 N–H and O–H groups in total. The van der Waals surface area contributed by atoms with E-state index in [2.05, 4.69) is 15.3 Å². The molecule has 0 unspecified atom stereocenters. The van der Waals surface area contributed by atoms with Crippen LogP contribution in [0.15, 0.2) is 30.6 Å². The fraction of sp³-hybridized carbons (Fsp3) is 0.214. The Bertz CT molecular complexity index is 640. The largest absolute Gasteiger partial charge is 0.478 e. The van der Waals surface area contributed by atoms with Gasteiger partial charge in [-0.25, -0.2) is 14.8 Å². The topological polar surface area (TPSA) is 75.1 Å². The number of rotatable bonds is 3. The first-order chi connectivity index (χ1) is 9.24. The summed E-state index contributed by atoms with van der Waals surface area (Å²) in [4.78, 5) is 19.5. The first-order valence-corrected chi connectivity index (χ1v) is 6.17. The van der Waals surface area contributed by atoms with Crippen LogP contribution in [0.1, 0.15) is 28.0 Å². The van der Waals surface area contributed by atoms with Gasteiger partial charge in [-0.05, 0) is 37.5 Å². The molecule has 1 aliphatic rings. The van der Waals surface area contributed by atoms with Crippen LogP contribution in [0.4, 0.5) is 11.5 Å². The van der Waals surface area contributed by atoms with Crippen LogP contribution in [0.25, 0.3) is 0 Å². The number of carboxylic acids is 1. The minimum atomic E-state index is -0.934. The Hall–Kier alpha value is -2.43. The molecule has 0 aliphatic heterocycles. The molecule has 0 radical (unpaired) electrons. The van der Waals surface area contributed by atoms with E-state index in [1.807, 2.05) is 6.07 Å². The van der Waals surface area contributed by atoms with Crippen LogP contribution >= 0.6 is 0 Å². The van der Waals surface area contributed by atoms with Crippen molar-refractivity contribution in [1.82, 2.24) is 9.97 Å². The van der Waals surface area contributed by atoms with Crippen molar-refractivity contribution in [3.63, 3.8) is 0 Å². The standard InChI is InChI=1S/C14H13N3O2/c18-14(19)9-3-1-4-10(7-9)17-13-11-5-2-6-12(11)15-8-16-13/h1,3-4,7-8H,2,5-6H2,(H,18,19)(H,15,16,17). The van der Waals surface area contributed by atoms with Crippen molar-refractivity contribution in [3.8, 4) is 0 Å². The van der Waals surface area contributed by atoms with Crippen LogP contribution in [-0.4, -0.2) is 21.0 Å². The van der Waals surface area contributed by atoms with E-state index >= 15 is 0 Å². The number of aryl methyl sites for hydroxylation is 1. The van der Waals surface area contributed by atoms with Crippen molar-refractivity contribution < 1.29 is 9.90 Å². The molecule has 96 valence electrons. The Kier molecular flexibility index (Phi) is 2.87. The monoisotopic (exact) mass is 255 g/mol. The summed E-state index contributed by atoms with van der Waals surface area (Å²) in [7, 11) is 0. The molecule has 0 atom stereocenters. The van der Waals surface area contributed by atoms with Gasteiger partial charge >= 0.3 is 5.97 Å². The van der Waals surface area contributed by atoms with Gasteiger partial charge in [0.25, 0.3) is 0 Å². The van der Waals surface area contributed by atoms with Crippen molar-refractivity contribution in [3.05, 3.63) is 47.4 Å². The molecule has 0 fully saturated rings. The Labute approximate surface area is 110 Å². The van der Waals surface area contributed by atoms with Gasteiger partial charge in [0.05, 0.1) is 5.56 Å². The maximum atomic E-state index is 10.9. The van der Waals surface area contributed by atoms with Crippen LogP contribution < -0.4 is 5.32 Å². The maximum Gasteiger partial charge on any atom is 0.335 e. The summed E-state index contributed by atoms with van der Waals surface area (Å²) < 4.78 is 0. The van der Waals surface area contributed by atoms with Gasteiger partial charge in [-0.3, -0.25) is 0 Å². The second-order valence-electron chi connectivity index (χ2n) is 4.51. The van der Waals surface area contributed by atoms with Gasteiger partial charge in [0.2, 0.25) is 0 Å². The van der Waals surface area contributed by atoms with Gasteiger partial charge in [-0.15, -0.1) is 0 Å². The zero-order valence-corrected chi connectivity index (χ0v) is 10.3. The molecule has 0 amide bonds. The lowest BCUT2D eigenvalue weighted by Gasteiger charge is -2.09. The summed E-state index contributed by atoms with van der Waals surface area (Å²) >= 11 is 0. The van der Waals surface area contributed by atoms with Crippen LogP contribution in [0, 0.1) is 0 Å². The zero-order valence-electron chi connectivity index (χ0n) is 10.3. The number of anilines is 2. The first kappa shape index (κ1) is 11.6. The number of nitrogens with zero attached hydrogens (tertiary/aromatic N) is 2. The number of nitrogens with one attached hydrogen (secondary N) is 1. The fourth-order valence-electron chi connectivity index (χ4n) is 2.33. The predicted molar refractivity (Wildman–Crippen MR) is 70.7 cm³/mol. The highest BCUT2D eigenvalue weighted by atomic mass is 16.4. The summed E-state index contributed by atoms with van der Waals surface area (Å²) in [5, 5.41) is 12.2. The number of carbonyl (C=O) groups is 1. The first-order valence-electron chi connectivity index (χ1n) is 6.17. The van der Waals surface area contributed by atoms with Gasteiger partial charge in [0.15, 0.2) is 0 Å². The third-order valence-electron chi connectivity index (χ3n) is 3.25. The molecule has 1 heterocycles. The van der Waals surface area contributed by atoms with Crippen molar-refractivity contribution in [2.24, 2.45) is 0 Å². The number of aromatic nitrogens is 2. The van der Waals surface area contributed by atoms with Crippen molar-refractivity contribution in [2.45, 2.75) is 19.3 Å². The molecule has 2 aromatic rings. The third kappa shape index (κ3) is 2.27. The molecular weight excluding hydrogens is 242 g/mol. The molecule has 1 aromatic heterocycles. The second kappa shape index (κ2) is 4.68. The molecule has 5 heteroatoms. The number of hydrogen-bond donors (Lipinski definition) is 2. The van der Waals surface area contributed by atoms with E-state index in [-0.39, 0.29) is 5.56 Å². The van der Waals surface area contributed by atoms with Gasteiger partial charge in [-0.1, -0.05) is 6.07 Å². The molecule has 1 aromatic carbocycles. The lowest BCUT2D eigenvalue weighted by molar-refractivity contribution is 0.0697. The van der Waals surface area contributed by atoms with E-state index in [0.29, 0.717) is 0 Å². The molecular formula is C14H13N3O2. The van der Waals surface area contributed by atoms with E-state index in [1.54, 1.807) is 24.5 Å². The van der Waals surface area contributed by atoms with Crippen LogP contribution in [0.2, 0.25) is 0 Å². The zero-order chi connectivity index (χ0) is 13.2. The van der Waals surface area contributed by atoms with Crippen LogP contribution in [0.5, 0.6) is 0 Å². The van der Waals surface area contributed by atoms with E-state index in [4.69, 9.17) is 5.11 Å². The highest BCUT2D eigenvalue weighted by molar-refractivity contribution is 5.89. The number of carboxylic acid groups (broad SMARTS) is 1. The highest BCUT2D eigenvalue weighted by Gasteiger charge is 2.17. The van der Waals surface area contributed by atoms with E-state index in [1.165, 1.54) is 0 Å². The summed E-state index contributed by atoms with van der Waals surface area (Å²) in [6.07, 6.45) is 4.60. The Morgan fingerprint density at radius 2 is 2.16 bits per heavy atom. The number of aromatic carboxylic acids is 1. The quantitative estimate of drug-likeness (QED) is 0.880. The summed E-state index contributed by atoms with van der Waals surface area (Å²) in [6, 6.07) is 6.72. The summed E-state index contributed by atoms with van der Waals surface area (Å²) in [5.41, 5.74) is 3.22. The molecule has 1 aliphatic carbocycles. The normalized spacial score (nSPS) is 13.1. The minimum absolute atomic E-state index is 0.260. The average molecular weight is 255 g/mol. The molecule has 19 heavy (non-hydrogen) atoms. The van der Waals surface area contributed by atoms with Gasteiger partial charge < -0.3 is 10.4 Å². The molecule has 0 saturated heterocycles. The Morgan fingerprint density at radius 3 is 3.00 bits per heavy atom. The molecule has 3 rings (SSSR count). The van der Waals surface area contributed by atoms with E-state index < -0.39 is 5.97 Å². The Morgan fingerprint density at radius 1 is 1.26 bits per heavy atom. The lowest BCUT2D eigenvalue weighted by atomic mass is 10.2. The number of hydrogen-bond acceptors (Lipinski definition) is 4. The lowest BCUT2D eigenvalue weighted by Crippen LogP contribution is -2.02. The summed E-state index contributed by atoms with van der Waals surface area (Å²) in [5.74, 6) is -0.151. The van der Waals surface area contributed by atoms with Gasteiger partial charge in [0, 0.05) is 16.9 Å². The SMILES string of the molecule is O=C(O)c1cccc(Nc2ncnc3c2CCC3)c1. The summed E-state index contributed by atoms with van der Waals surface area (Å²) in [6.45, 7) is 0. The van der Waals surface area contributed by atoms with Crippen molar-refractivity contribution in [1.29, 1.82) is 0 Å². The molecule has 0 spiro atoms. The van der Waals surface area contributed by atoms with Crippen molar-refractivity contribution >= 4 is 17.5 Å². The van der Waals surface area contributed by atoms with Crippen LogP contribution in [0.3, 0.4) is 0 Å². The highest BCUT2D eigenvalue weighted by Crippen LogP contribution is 2.27. The second-order valence-corrected chi connectivity index (χ2v) is 4.51. The van der Waals surface area contributed by atoms with Crippen LogP contribution in [-0.2, 0) is 12.8 Å². The van der Waals surface area contributed by atoms with E-state index in [0.717, 1.165) is 42.0 Å². The fourth-order valence-corrected chi connectivity index (χ4v) is 2.33. The van der Waals surface area contributed by atoms with E-state index in [9.17, 15) is 4.79 Å². The number of benzene rings is 1. The molecule has 5 nitrogen and oxygen atoms in total. The minimum Gasteiger partial charge on any atom is -0.478 e. The van der Waals surface area contributed by atoms with Gasteiger partial charge in [0.1, 0.15) is 12.1 Å².